The van der Waals surface area contributed by atoms with E-state index in [1.165, 1.54) is 0 Å². The third kappa shape index (κ3) is 8.27. The van der Waals surface area contributed by atoms with Crippen LogP contribution in [-0.2, 0) is 15.3 Å². The Labute approximate surface area is 176 Å². The summed E-state index contributed by atoms with van der Waals surface area (Å²) in [4.78, 5) is 28.9. The van der Waals surface area contributed by atoms with Crippen LogP contribution in [0.2, 0.25) is 0 Å². The third-order valence-corrected chi connectivity index (χ3v) is 6.61. The molecule has 0 fully saturated rings. The van der Waals surface area contributed by atoms with E-state index >= 15 is 0 Å². The van der Waals surface area contributed by atoms with Crippen LogP contribution < -0.4 is 5.32 Å². The molecule has 1 N–H and O–H groups in total. The summed E-state index contributed by atoms with van der Waals surface area (Å²) >= 11 is 3.38. The lowest BCUT2D eigenvalue weighted by Crippen LogP contribution is -2.35. The van der Waals surface area contributed by atoms with Gasteiger partial charge < -0.3 is 10.1 Å². The number of benzene rings is 1. The Morgan fingerprint density at radius 2 is 2.04 bits per heavy atom. The SMILES string of the molecule is CC(C)CCCC(C)NC(=O)COC(=O)c1ccccc1CSC1=NCCS1. The molecule has 0 aliphatic carbocycles. The minimum atomic E-state index is -0.458. The lowest BCUT2D eigenvalue weighted by atomic mass is 10.0. The van der Waals surface area contributed by atoms with E-state index in [4.69, 9.17) is 4.74 Å². The number of thioether (sulfide) groups is 2. The zero-order chi connectivity index (χ0) is 20.4. The maximum absolute atomic E-state index is 12.5. The van der Waals surface area contributed by atoms with Gasteiger partial charge in [0.25, 0.3) is 5.91 Å². The number of hydrogen-bond donors (Lipinski definition) is 1. The first-order valence-corrected chi connectivity index (χ1v) is 11.8. The van der Waals surface area contributed by atoms with Crippen LogP contribution in [-0.4, -0.2) is 41.2 Å². The Bertz CT molecular complexity index is 692. The van der Waals surface area contributed by atoms with Crippen molar-refractivity contribution in [2.45, 2.75) is 51.8 Å². The van der Waals surface area contributed by atoms with Gasteiger partial charge in [-0.2, -0.15) is 0 Å². The maximum atomic E-state index is 12.5. The first-order chi connectivity index (χ1) is 13.5. The van der Waals surface area contributed by atoms with E-state index in [9.17, 15) is 9.59 Å². The predicted molar refractivity (Wildman–Crippen MR) is 119 cm³/mol. The topological polar surface area (TPSA) is 67.8 Å². The Balaban J connectivity index is 1.78. The summed E-state index contributed by atoms with van der Waals surface area (Å²) in [5.74, 6) is 1.64. The van der Waals surface area contributed by atoms with Crippen LogP contribution in [0.25, 0.3) is 0 Å². The number of hydrogen-bond acceptors (Lipinski definition) is 6. The Hall–Kier alpha value is -1.47. The van der Waals surface area contributed by atoms with Crippen LogP contribution in [0.3, 0.4) is 0 Å². The van der Waals surface area contributed by atoms with E-state index in [0.717, 1.165) is 41.5 Å². The Morgan fingerprint density at radius 1 is 1.25 bits per heavy atom. The number of nitrogens with one attached hydrogen (secondary N) is 1. The molecular formula is C21H30N2O3S2. The Kier molecular flexibility index (Phi) is 9.92. The van der Waals surface area contributed by atoms with Crippen molar-refractivity contribution in [2.24, 2.45) is 10.9 Å². The van der Waals surface area contributed by atoms with Crippen molar-refractivity contribution >= 4 is 39.8 Å². The molecule has 7 heteroatoms. The molecule has 28 heavy (non-hydrogen) atoms. The van der Waals surface area contributed by atoms with E-state index < -0.39 is 5.97 Å². The highest BCUT2D eigenvalue weighted by Crippen LogP contribution is 2.26. The molecule has 0 bridgehead atoms. The minimum Gasteiger partial charge on any atom is -0.452 e. The lowest BCUT2D eigenvalue weighted by Gasteiger charge is -2.15. The van der Waals surface area contributed by atoms with E-state index in [2.05, 4.69) is 24.2 Å². The summed E-state index contributed by atoms with van der Waals surface area (Å²) in [5, 5.41) is 2.90. The van der Waals surface area contributed by atoms with Gasteiger partial charge in [0.15, 0.2) is 6.61 Å². The number of ether oxygens (including phenoxy) is 1. The van der Waals surface area contributed by atoms with E-state index in [1.807, 2.05) is 25.1 Å². The number of nitrogens with zero attached hydrogens (tertiary/aromatic N) is 1. The van der Waals surface area contributed by atoms with Crippen LogP contribution in [0.5, 0.6) is 0 Å². The molecule has 0 saturated heterocycles. The third-order valence-electron chi connectivity index (χ3n) is 4.31. The van der Waals surface area contributed by atoms with Gasteiger partial charge in [0.2, 0.25) is 0 Å². The van der Waals surface area contributed by atoms with Gasteiger partial charge in [-0.05, 0) is 30.9 Å². The van der Waals surface area contributed by atoms with Gasteiger partial charge in [0.05, 0.1) is 12.1 Å². The molecule has 0 saturated carbocycles. The zero-order valence-electron chi connectivity index (χ0n) is 16.9. The van der Waals surface area contributed by atoms with Crippen molar-refractivity contribution < 1.29 is 14.3 Å². The lowest BCUT2D eigenvalue weighted by molar-refractivity contribution is -0.124. The molecule has 1 heterocycles. The largest absolute Gasteiger partial charge is 0.452 e. The molecule has 1 aliphatic rings. The van der Waals surface area contributed by atoms with E-state index in [1.54, 1.807) is 29.6 Å². The first kappa shape index (κ1) is 22.8. The second kappa shape index (κ2) is 12.2. The highest BCUT2D eigenvalue weighted by molar-refractivity contribution is 8.38. The second-order valence-electron chi connectivity index (χ2n) is 7.31. The molecule has 1 aromatic carbocycles. The summed E-state index contributed by atoms with van der Waals surface area (Å²) < 4.78 is 6.31. The number of rotatable bonds is 10. The standard InChI is InChI=1S/C21H30N2O3S2/c1-15(2)7-6-8-16(3)23-19(24)13-26-20(25)18-10-5-4-9-17(18)14-28-21-22-11-12-27-21/h4-5,9-10,15-16H,6-8,11-14H2,1-3H3,(H,23,24). The molecule has 5 nitrogen and oxygen atoms in total. The predicted octanol–water partition coefficient (Wildman–Crippen LogP) is 4.51. The van der Waals surface area contributed by atoms with E-state index in [-0.39, 0.29) is 18.6 Å². The number of aliphatic imine (C=N–C) groups is 1. The molecule has 1 aromatic rings. The minimum absolute atomic E-state index is 0.0818. The number of esters is 1. The smallest absolute Gasteiger partial charge is 0.338 e. The second-order valence-corrected chi connectivity index (χ2v) is 9.62. The van der Waals surface area contributed by atoms with Gasteiger partial charge in [-0.3, -0.25) is 9.79 Å². The van der Waals surface area contributed by atoms with Crippen molar-refractivity contribution in [3.8, 4) is 0 Å². The summed E-state index contributed by atoms with van der Waals surface area (Å²) in [7, 11) is 0. The summed E-state index contributed by atoms with van der Waals surface area (Å²) in [6.07, 6.45) is 3.16. The molecule has 0 radical (unpaired) electrons. The average Bonchev–Trinajstić information content (AvgIpc) is 3.18. The van der Waals surface area contributed by atoms with Crippen LogP contribution in [0, 0.1) is 5.92 Å². The molecule has 0 spiro atoms. The van der Waals surface area contributed by atoms with Gasteiger partial charge >= 0.3 is 5.97 Å². The van der Waals surface area contributed by atoms with Crippen molar-refractivity contribution in [1.82, 2.24) is 5.32 Å². The fraction of sp³-hybridized carbons (Fsp3) is 0.571. The monoisotopic (exact) mass is 422 g/mol. The molecule has 1 aliphatic heterocycles. The molecule has 2 rings (SSSR count). The molecule has 1 unspecified atom stereocenters. The number of amides is 1. The normalized spacial score (nSPS) is 14.6. The zero-order valence-corrected chi connectivity index (χ0v) is 18.5. The number of carbonyl (C=O) groups is 2. The average molecular weight is 423 g/mol. The van der Waals surface area contributed by atoms with Gasteiger partial charge in [0, 0.05) is 17.5 Å². The quantitative estimate of drug-likeness (QED) is 0.562. The molecule has 1 atom stereocenters. The van der Waals surface area contributed by atoms with Crippen LogP contribution >= 0.6 is 23.5 Å². The van der Waals surface area contributed by atoms with E-state index in [0.29, 0.717) is 17.2 Å². The van der Waals surface area contributed by atoms with Crippen LogP contribution in [0.1, 0.15) is 56.0 Å². The molecule has 0 aromatic heterocycles. The van der Waals surface area contributed by atoms with Gasteiger partial charge in [-0.25, -0.2) is 4.79 Å². The van der Waals surface area contributed by atoms with Crippen molar-refractivity contribution in [3.05, 3.63) is 35.4 Å². The first-order valence-electron chi connectivity index (χ1n) is 9.80. The van der Waals surface area contributed by atoms with Gasteiger partial charge in [-0.1, -0.05) is 68.4 Å². The number of carbonyl (C=O) groups excluding carboxylic acids is 2. The highest BCUT2D eigenvalue weighted by atomic mass is 32.2. The van der Waals surface area contributed by atoms with Crippen LogP contribution in [0.15, 0.2) is 29.3 Å². The summed E-state index contributed by atoms with van der Waals surface area (Å²) in [6, 6.07) is 7.46. The fourth-order valence-corrected chi connectivity index (χ4v) is 4.83. The van der Waals surface area contributed by atoms with Crippen LogP contribution in [0.4, 0.5) is 0 Å². The molecule has 154 valence electrons. The van der Waals surface area contributed by atoms with Gasteiger partial charge in [0.1, 0.15) is 4.38 Å². The van der Waals surface area contributed by atoms with Crippen molar-refractivity contribution in [1.29, 1.82) is 0 Å². The maximum Gasteiger partial charge on any atom is 0.338 e. The van der Waals surface area contributed by atoms with Crippen molar-refractivity contribution in [3.63, 3.8) is 0 Å². The summed E-state index contributed by atoms with van der Waals surface area (Å²) in [6.45, 7) is 6.98. The highest BCUT2D eigenvalue weighted by Gasteiger charge is 2.16. The van der Waals surface area contributed by atoms with Crippen molar-refractivity contribution in [2.75, 3.05) is 18.9 Å². The Morgan fingerprint density at radius 3 is 2.75 bits per heavy atom. The molecular weight excluding hydrogens is 392 g/mol. The van der Waals surface area contributed by atoms with Gasteiger partial charge in [-0.15, -0.1) is 0 Å². The summed E-state index contributed by atoms with van der Waals surface area (Å²) in [5.41, 5.74) is 1.41. The fourth-order valence-electron chi connectivity index (χ4n) is 2.82. The molecule has 1 amide bonds.